The Bertz CT molecular complexity index is 971. The number of carbonyl (C=O) groups is 2. The first-order valence-corrected chi connectivity index (χ1v) is 10.3. The molecule has 0 atom stereocenters. The van der Waals surface area contributed by atoms with Gasteiger partial charge in [0.1, 0.15) is 10.1 Å². The first kappa shape index (κ1) is 20.8. The number of carbonyl (C=O) groups excluding carboxylic acids is 2. The predicted molar refractivity (Wildman–Crippen MR) is 121 cm³/mol. The van der Waals surface area contributed by atoms with E-state index >= 15 is 0 Å². The first-order chi connectivity index (χ1) is 14.0. The van der Waals surface area contributed by atoms with E-state index < -0.39 is 0 Å². The highest BCUT2D eigenvalue weighted by molar-refractivity contribution is 8.26. The average Bonchev–Trinajstić information content (AvgIpc) is 2.96. The maximum atomic E-state index is 12.5. The van der Waals surface area contributed by atoms with Gasteiger partial charge in [0, 0.05) is 24.7 Å². The minimum atomic E-state index is -0.178. The van der Waals surface area contributed by atoms with Crippen molar-refractivity contribution in [2.24, 2.45) is 0 Å². The van der Waals surface area contributed by atoms with Crippen molar-refractivity contribution in [2.75, 3.05) is 11.9 Å². The summed E-state index contributed by atoms with van der Waals surface area (Å²) < 4.78 is 0.503. The Labute approximate surface area is 179 Å². The second-order valence-corrected chi connectivity index (χ2v) is 8.00. The van der Waals surface area contributed by atoms with Crippen molar-refractivity contribution in [2.45, 2.75) is 12.8 Å². The lowest BCUT2D eigenvalue weighted by molar-refractivity contribution is -0.122. The molecule has 148 valence electrons. The molecule has 0 unspecified atom stereocenters. The van der Waals surface area contributed by atoms with Gasteiger partial charge in [0.25, 0.3) is 5.91 Å². The van der Waals surface area contributed by atoms with Crippen molar-refractivity contribution in [1.29, 1.82) is 0 Å². The molecular weight excluding hydrogens is 404 g/mol. The number of aromatic hydroxyl groups is 1. The molecular formula is C22H20N2O3S2. The smallest absolute Gasteiger partial charge is 0.266 e. The maximum absolute atomic E-state index is 12.5. The van der Waals surface area contributed by atoms with E-state index in [1.807, 2.05) is 42.5 Å². The van der Waals surface area contributed by atoms with Crippen molar-refractivity contribution >= 4 is 51.9 Å². The molecule has 7 heteroatoms. The first-order valence-electron chi connectivity index (χ1n) is 9.09. The van der Waals surface area contributed by atoms with Gasteiger partial charge in [-0.05, 0) is 30.2 Å². The predicted octanol–water partition coefficient (Wildman–Crippen LogP) is 4.57. The van der Waals surface area contributed by atoms with Crippen molar-refractivity contribution in [3.8, 4) is 5.75 Å². The van der Waals surface area contributed by atoms with Crippen LogP contribution in [0.1, 0.15) is 18.4 Å². The van der Waals surface area contributed by atoms with Crippen molar-refractivity contribution < 1.29 is 14.7 Å². The van der Waals surface area contributed by atoms with E-state index in [-0.39, 0.29) is 24.0 Å². The van der Waals surface area contributed by atoms with Gasteiger partial charge in [0.2, 0.25) is 5.91 Å². The standard InChI is InChI=1S/C22H20N2O3S2/c25-18-11-5-10-17(15-18)23-20(26)13-6-14-24-21(27)19(29-22(24)28)12-4-9-16-7-2-1-3-8-16/h1-5,7-12,15,25H,6,13-14H2,(H,23,26). The third-order valence-corrected chi connectivity index (χ3v) is 5.52. The third kappa shape index (κ3) is 6.04. The van der Waals surface area contributed by atoms with E-state index in [9.17, 15) is 14.7 Å². The van der Waals surface area contributed by atoms with E-state index in [1.54, 1.807) is 18.2 Å². The number of thiocarbonyl (C=S) groups is 1. The summed E-state index contributed by atoms with van der Waals surface area (Å²) in [5, 5.41) is 12.2. The summed E-state index contributed by atoms with van der Waals surface area (Å²) in [6.07, 6.45) is 6.27. The minimum Gasteiger partial charge on any atom is -0.508 e. The molecule has 1 aliphatic rings. The number of nitrogens with zero attached hydrogens (tertiary/aromatic N) is 1. The number of hydrogen-bond donors (Lipinski definition) is 2. The van der Waals surface area contributed by atoms with Crippen LogP contribution in [-0.2, 0) is 9.59 Å². The number of phenolic OH excluding ortho intramolecular Hbond substituents is 1. The molecule has 2 aromatic rings. The van der Waals surface area contributed by atoms with Crippen LogP contribution in [0, 0.1) is 0 Å². The highest BCUT2D eigenvalue weighted by Gasteiger charge is 2.31. The lowest BCUT2D eigenvalue weighted by Gasteiger charge is -2.14. The highest BCUT2D eigenvalue weighted by atomic mass is 32.2. The number of anilines is 1. The molecule has 1 saturated heterocycles. The summed E-state index contributed by atoms with van der Waals surface area (Å²) >= 11 is 6.58. The van der Waals surface area contributed by atoms with Crippen molar-refractivity contribution in [1.82, 2.24) is 4.90 Å². The fourth-order valence-corrected chi connectivity index (χ4v) is 3.98. The monoisotopic (exact) mass is 424 g/mol. The van der Waals surface area contributed by atoms with E-state index in [0.717, 1.165) is 5.56 Å². The van der Waals surface area contributed by atoms with Crippen molar-refractivity contribution in [3.05, 3.63) is 77.2 Å². The Morgan fingerprint density at radius 1 is 1.17 bits per heavy atom. The molecule has 1 fully saturated rings. The van der Waals surface area contributed by atoms with Crippen LogP contribution in [0.3, 0.4) is 0 Å². The highest BCUT2D eigenvalue weighted by Crippen LogP contribution is 2.31. The van der Waals surface area contributed by atoms with Gasteiger partial charge >= 0.3 is 0 Å². The normalized spacial score (nSPS) is 15.4. The van der Waals surface area contributed by atoms with E-state index in [4.69, 9.17) is 12.2 Å². The molecule has 0 radical (unpaired) electrons. The fourth-order valence-electron chi connectivity index (χ4n) is 2.72. The molecule has 3 rings (SSSR count). The largest absolute Gasteiger partial charge is 0.508 e. The topological polar surface area (TPSA) is 69.6 Å². The molecule has 0 saturated carbocycles. The molecule has 0 aliphatic carbocycles. The van der Waals surface area contributed by atoms with Gasteiger partial charge in [-0.1, -0.05) is 72.5 Å². The van der Waals surface area contributed by atoms with Gasteiger partial charge < -0.3 is 10.4 Å². The summed E-state index contributed by atoms with van der Waals surface area (Å²) in [7, 11) is 0. The summed E-state index contributed by atoms with van der Waals surface area (Å²) in [5.74, 6) is -0.220. The van der Waals surface area contributed by atoms with Crippen LogP contribution in [0.25, 0.3) is 6.08 Å². The Kier molecular flexibility index (Phi) is 7.21. The third-order valence-electron chi connectivity index (χ3n) is 4.12. The number of nitrogens with one attached hydrogen (secondary N) is 1. The summed E-state index contributed by atoms with van der Waals surface area (Å²) in [6.45, 7) is 0.387. The average molecular weight is 425 g/mol. The van der Waals surface area contributed by atoms with Gasteiger partial charge in [0.05, 0.1) is 4.91 Å². The van der Waals surface area contributed by atoms with Crippen LogP contribution in [0.15, 0.2) is 71.7 Å². The molecule has 0 bridgehead atoms. The van der Waals surface area contributed by atoms with Crippen LogP contribution in [0.2, 0.25) is 0 Å². The second kappa shape index (κ2) is 10.0. The number of allylic oxidation sites excluding steroid dienone is 2. The van der Waals surface area contributed by atoms with Crippen molar-refractivity contribution in [3.63, 3.8) is 0 Å². The second-order valence-electron chi connectivity index (χ2n) is 6.33. The molecule has 5 nitrogen and oxygen atoms in total. The van der Waals surface area contributed by atoms with Crippen LogP contribution in [0.4, 0.5) is 5.69 Å². The quantitative estimate of drug-likeness (QED) is 0.503. The number of hydrogen-bond acceptors (Lipinski definition) is 5. The Morgan fingerprint density at radius 2 is 1.97 bits per heavy atom. The van der Waals surface area contributed by atoms with Gasteiger partial charge in [-0.15, -0.1) is 0 Å². The van der Waals surface area contributed by atoms with E-state index in [0.29, 0.717) is 27.9 Å². The number of rotatable bonds is 7. The SMILES string of the molecule is O=C(CCCN1C(=O)C(=CC=Cc2ccccc2)SC1=S)Nc1cccc(O)c1. The van der Waals surface area contributed by atoms with Crippen LogP contribution in [-0.4, -0.2) is 32.7 Å². The summed E-state index contributed by atoms with van der Waals surface area (Å²) in [5.41, 5.74) is 1.59. The molecule has 0 spiro atoms. The molecule has 1 aliphatic heterocycles. The Balaban J connectivity index is 1.49. The minimum absolute atomic E-state index is 0.0912. The Morgan fingerprint density at radius 3 is 2.72 bits per heavy atom. The number of thioether (sulfide) groups is 1. The number of benzene rings is 2. The Hall–Kier alpha value is -2.90. The van der Waals surface area contributed by atoms with Crippen LogP contribution < -0.4 is 5.32 Å². The van der Waals surface area contributed by atoms with E-state index in [1.165, 1.54) is 28.8 Å². The zero-order valence-corrected chi connectivity index (χ0v) is 17.2. The summed E-state index contributed by atoms with van der Waals surface area (Å²) in [4.78, 5) is 26.7. The molecule has 2 N–H and O–H groups in total. The molecule has 2 amide bonds. The summed E-state index contributed by atoms with van der Waals surface area (Å²) in [6, 6.07) is 16.2. The van der Waals surface area contributed by atoms with Gasteiger partial charge in [-0.25, -0.2) is 0 Å². The van der Waals surface area contributed by atoms with Gasteiger partial charge in [0.15, 0.2) is 0 Å². The molecule has 1 heterocycles. The molecule has 2 aromatic carbocycles. The lowest BCUT2D eigenvalue weighted by atomic mass is 10.2. The van der Waals surface area contributed by atoms with E-state index in [2.05, 4.69) is 5.32 Å². The fraction of sp³-hybridized carbons (Fsp3) is 0.136. The number of amides is 2. The maximum Gasteiger partial charge on any atom is 0.266 e. The number of phenols is 1. The van der Waals surface area contributed by atoms with Crippen LogP contribution >= 0.6 is 24.0 Å². The molecule has 0 aromatic heterocycles. The lowest BCUT2D eigenvalue weighted by Crippen LogP contribution is -2.29. The van der Waals surface area contributed by atoms with Gasteiger partial charge in [-0.3, -0.25) is 14.5 Å². The zero-order chi connectivity index (χ0) is 20.6. The van der Waals surface area contributed by atoms with Crippen LogP contribution in [0.5, 0.6) is 5.75 Å². The molecule has 29 heavy (non-hydrogen) atoms. The zero-order valence-electron chi connectivity index (χ0n) is 15.6. The van der Waals surface area contributed by atoms with Gasteiger partial charge in [-0.2, -0.15) is 0 Å².